The summed E-state index contributed by atoms with van der Waals surface area (Å²) in [4.78, 5) is 39.6. The molecule has 7 heteroatoms. The molecule has 0 aliphatic carbocycles. The average Bonchev–Trinajstić information content (AvgIpc) is 3.09. The van der Waals surface area contributed by atoms with Crippen LogP contribution in [0, 0.1) is 12.8 Å². The van der Waals surface area contributed by atoms with E-state index in [0.29, 0.717) is 18.0 Å². The molecule has 1 aliphatic heterocycles. The Kier molecular flexibility index (Phi) is 6.16. The second kappa shape index (κ2) is 8.77. The first-order valence-electron chi connectivity index (χ1n) is 9.44. The summed E-state index contributed by atoms with van der Waals surface area (Å²) >= 11 is 0. The van der Waals surface area contributed by atoms with E-state index in [1.54, 1.807) is 43.3 Å². The number of carbonyl (C=O) groups is 3. The molecule has 3 rings (SSSR count). The Balaban J connectivity index is 1.55. The van der Waals surface area contributed by atoms with Gasteiger partial charge in [-0.05, 0) is 43.3 Å². The third-order valence-corrected chi connectivity index (χ3v) is 4.82. The third kappa shape index (κ3) is 5.13. The minimum absolute atomic E-state index is 0.0439. The van der Waals surface area contributed by atoms with Gasteiger partial charge in [0, 0.05) is 38.4 Å². The molecule has 1 atom stereocenters. The zero-order valence-corrected chi connectivity index (χ0v) is 16.8. The Morgan fingerprint density at radius 1 is 1.10 bits per heavy atom. The summed E-state index contributed by atoms with van der Waals surface area (Å²) in [5.74, 6) is -0.239. The van der Waals surface area contributed by atoms with E-state index in [9.17, 15) is 14.4 Å². The number of hydrogen-bond acceptors (Lipinski definition) is 4. The predicted octanol–water partition coefficient (Wildman–Crippen LogP) is 2.45. The standard InChI is InChI=1S/C22H25N3O4/c1-15-4-8-18(9-5-15)25-13-16(12-20(25)26)22(28)23-17-6-10-19(11-7-17)29-14-21(27)24(2)3/h4-11,16H,12-14H2,1-3H3,(H,23,28). The SMILES string of the molecule is Cc1ccc(N2CC(C(=O)Nc3ccc(OCC(=O)N(C)C)cc3)CC2=O)cc1. The van der Waals surface area contributed by atoms with E-state index < -0.39 is 5.92 Å². The summed E-state index contributed by atoms with van der Waals surface area (Å²) < 4.78 is 5.42. The van der Waals surface area contributed by atoms with Gasteiger partial charge in [0.25, 0.3) is 5.91 Å². The number of aryl methyl sites for hydroxylation is 1. The van der Waals surface area contributed by atoms with Crippen molar-refractivity contribution in [1.29, 1.82) is 0 Å². The van der Waals surface area contributed by atoms with Gasteiger partial charge in [-0.1, -0.05) is 17.7 Å². The molecule has 0 spiro atoms. The van der Waals surface area contributed by atoms with Crippen molar-refractivity contribution in [3.8, 4) is 5.75 Å². The molecule has 1 heterocycles. The summed E-state index contributed by atoms with van der Waals surface area (Å²) in [6.07, 6.45) is 0.188. The first kappa shape index (κ1) is 20.4. The lowest BCUT2D eigenvalue weighted by molar-refractivity contribution is -0.130. The Morgan fingerprint density at radius 3 is 2.38 bits per heavy atom. The average molecular weight is 395 g/mol. The lowest BCUT2D eigenvalue weighted by Gasteiger charge is -2.17. The summed E-state index contributed by atoms with van der Waals surface area (Å²) in [5.41, 5.74) is 2.54. The van der Waals surface area contributed by atoms with Crippen molar-refractivity contribution in [2.45, 2.75) is 13.3 Å². The Labute approximate surface area is 170 Å². The molecule has 29 heavy (non-hydrogen) atoms. The molecule has 0 radical (unpaired) electrons. The number of benzene rings is 2. The molecule has 0 aromatic heterocycles. The fraction of sp³-hybridized carbons (Fsp3) is 0.318. The van der Waals surface area contributed by atoms with Crippen LogP contribution in [-0.2, 0) is 14.4 Å². The van der Waals surface area contributed by atoms with Crippen LogP contribution >= 0.6 is 0 Å². The third-order valence-electron chi connectivity index (χ3n) is 4.82. The number of amides is 3. The van der Waals surface area contributed by atoms with Crippen molar-refractivity contribution in [2.24, 2.45) is 5.92 Å². The van der Waals surface area contributed by atoms with Gasteiger partial charge in [0.05, 0.1) is 5.92 Å². The van der Waals surface area contributed by atoms with Crippen LogP contribution in [0.25, 0.3) is 0 Å². The monoisotopic (exact) mass is 395 g/mol. The molecule has 1 fully saturated rings. The molecule has 0 saturated carbocycles. The number of likely N-dealkylation sites (N-methyl/N-ethyl adjacent to an activating group) is 1. The van der Waals surface area contributed by atoms with Crippen LogP contribution < -0.4 is 15.0 Å². The number of anilines is 2. The van der Waals surface area contributed by atoms with E-state index in [1.165, 1.54) is 4.90 Å². The zero-order chi connectivity index (χ0) is 21.0. The zero-order valence-electron chi connectivity index (χ0n) is 16.8. The van der Waals surface area contributed by atoms with E-state index in [-0.39, 0.29) is 30.7 Å². The molecule has 0 bridgehead atoms. The van der Waals surface area contributed by atoms with E-state index in [4.69, 9.17) is 4.74 Å². The number of rotatable bonds is 6. The Bertz CT molecular complexity index is 891. The maximum Gasteiger partial charge on any atom is 0.259 e. The van der Waals surface area contributed by atoms with E-state index in [1.807, 2.05) is 31.2 Å². The molecule has 2 aromatic rings. The Morgan fingerprint density at radius 2 is 1.76 bits per heavy atom. The van der Waals surface area contributed by atoms with Gasteiger partial charge in [-0.3, -0.25) is 14.4 Å². The van der Waals surface area contributed by atoms with Crippen LogP contribution in [0.5, 0.6) is 5.75 Å². The lowest BCUT2D eigenvalue weighted by Crippen LogP contribution is -2.28. The van der Waals surface area contributed by atoms with Crippen molar-refractivity contribution in [3.63, 3.8) is 0 Å². The van der Waals surface area contributed by atoms with Gasteiger partial charge in [0.15, 0.2) is 6.61 Å². The van der Waals surface area contributed by atoms with Crippen molar-refractivity contribution in [1.82, 2.24) is 4.90 Å². The summed E-state index contributed by atoms with van der Waals surface area (Å²) in [6, 6.07) is 14.5. The van der Waals surface area contributed by atoms with Gasteiger partial charge in [-0.2, -0.15) is 0 Å². The molecule has 3 amide bonds. The van der Waals surface area contributed by atoms with Crippen molar-refractivity contribution >= 4 is 29.1 Å². The fourth-order valence-electron chi connectivity index (χ4n) is 3.01. The number of nitrogens with zero attached hydrogens (tertiary/aromatic N) is 2. The molecule has 1 unspecified atom stereocenters. The van der Waals surface area contributed by atoms with Gasteiger partial charge in [0.1, 0.15) is 5.75 Å². The van der Waals surface area contributed by atoms with Crippen molar-refractivity contribution in [2.75, 3.05) is 37.5 Å². The lowest BCUT2D eigenvalue weighted by atomic mass is 10.1. The van der Waals surface area contributed by atoms with Crippen LogP contribution in [0.4, 0.5) is 11.4 Å². The maximum atomic E-state index is 12.6. The van der Waals surface area contributed by atoms with Crippen LogP contribution in [0.1, 0.15) is 12.0 Å². The van der Waals surface area contributed by atoms with Gasteiger partial charge >= 0.3 is 0 Å². The minimum Gasteiger partial charge on any atom is -0.484 e. The predicted molar refractivity (Wildman–Crippen MR) is 111 cm³/mol. The summed E-state index contributed by atoms with van der Waals surface area (Å²) in [6.45, 7) is 2.31. The van der Waals surface area contributed by atoms with Gasteiger partial charge in [-0.15, -0.1) is 0 Å². The van der Waals surface area contributed by atoms with Crippen molar-refractivity contribution < 1.29 is 19.1 Å². The van der Waals surface area contributed by atoms with Crippen LogP contribution in [0.15, 0.2) is 48.5 Å². The summed E-state index contributed by atoms with van der Waals surface area (Å²) in [5, 5.41) is 2.85. The highest BCUT2D eigenvalue weighted by Gasteiger charge is 2.35. The highest BCUT2D eigenvalue weighted by atomic mass is 16.5. The second-order valence-corrected chi connectivity index (χ2v) is 7.33. The van der Waals surface area contributed by atoms with Crippen LogP contribution in [0.2, 0.25) is 0 Å². The minimum atomic E-state index is -0.405. The van der Waals surface area contributed by atoms with E-state index in [2.05, 4.69) is 5.32 Å². The van der Waals surface area contributed by atoms with Crippen molar-refractivity contribution in [3.05, 3.63) is 54.1 Å². The molecule has 1 N–H and O–H groups in total. The molecule has 1 aliphatic rings. The molecule has 2 aromatic carbocycles. The number of ether oxygens (including phenoxy) is 1. The smallest absolute Gasteiger partial charge is 0.259 e. The van der Waals surface area contributed by atoms with Gasteiger partial charge < -0.3 is 19.9 Å². The highest BCUT2D eigenvalue weighted by molar-refractivity contribution is 6.03. The first-order valence-corrected chi connectivity index (χ1v) is 9.44. The van der Waals surface area contributed by atoms with Gasteiger partial charge in [-0.25, -0.2) is 0 Å². The number of nitrogens with one attached hydrogen (secondary N) is 1. The Hall–Kier alpha value is -3.35. The molecule has 152 valence electrons. The van der Waals surface area contributed by atoms with Crippen LogP contribution in [0.3, 0.4) is 0 Å². The normalized spacial score (nSPS) is 15.9. The quantitative estimate of drug-likeness (QED) is 0.815. The first-order chi connectivity index (χ1) is 13.8. The van der Waals surface area contributed by atoms with Crippen LogP contribution in [-0.4, -0.2) is 49.9 Å². The highest BCUT2D eigenvalue weighted by Crippen LogP contribution is 2.26. The fourth-order valence-corrected chi connectivity index (χ4v) is 3.01. The summed E-state index contributed by atoms with van der Waals surface area (Å²) in [7, 11) is 3.33. The number of carbonyl (C=O) groups excluding carboxylic acids is 3. The second-order valence-electron chi connectivity index (χ2n) is 7.33. The molecule has 7 nitrogen and oxygen atoms in total. The maximum absolute atomic E-state index is 12.6. The van der Waals surface area contributed by atoms with Gasteiger partial charge in [0.2, 0.25) is 11.8 Å². The topological polar surface area (TPSA) is 79.0 Å². The van der Waals surface area contributed by atoms with E-state index in [0.717, 1.165) is 11.3 Å². The molecule has 1 saturated heterocycles. The molecular weight excluding hydrogens is 370 g/mol. The largest absolute Gasteiger partial charge is 0.484 e. The van der Waals surface area contributed by atoms with E-state index >= 15 is 0 Å². The number of hydrogen-bond donors (Lipinski definition) is 1. The molecular formula is C22H25N3O4.